The van der Waals surface area contributed by atoms with Gasteiger partial charge in [0.25, 0.3) is 11.5 Å². The van der Waals surface area contributed by atoms with Crippen LogP contribution in [-0.4, -0.2) is 36.5 Å². The molecule has 1 aromatic carbocycles. The van der Waals surface area contributed by atoms with Gasteiger partial charge < -0.3 is 14.6 Å². The van der Waals surface area contributed by atoms with E-state index in [1.165, 1.54) is 29.9 Å². The first-order chi connectivity index (χ1) is 12.9. The summed E-state index contributed by atoms with van der Waals surface area (Å²) in [5.41, 5.74) is -0.158. The van der Waals surface area contributed by atoms with Crippen molar-refractivity contribution in [2.75, 3.05) is 14.2 Å². The Morgan fingerprint density at radius 1 is 1.33 bits per heavy atom. The molecule has 0 saturated heterocycles. The van der Waals surface area contributed by atoms with E-state index in [-0.39, 0.29) is 41.9 Å². The highest BCUT2D eigenvalue weighted by Crippen LogP contribution is 2.37. The van der Waals surface area contributed by atoms with Crippen LogP contribution >= 0.6 is 0 Å². The molecule has 0 bridgehead atoms. The third kappa shape index (κ3) is 4.14. The summed E-state index contributed by atoms with van der Waals surface area (Å²) < 4.78 is 20.4. The predicted octanol–water partition coefficient (Wildman–Crippen LogP) is 2.00. The third-order valence-electron chi connectivity index (χ3n) is 4.79. The van der Waals surface area contributed by atoms with Crippen molar-refractivity contribution in [2.24, 2.45) is 5.92 Å². The topological polar surface area (TPSA) is 77.4 Å². The minimum absolute atomic E-state index is 0.0687. The van der Waals surface area contributed by atoms with Crippen LogP contribution in [0.2, 0.25) is 0 Å². The minimum Gasteiger partial charge on any atom is -0.381 e. The predicted molar refractivity (Wildman–Crippen MR) is 97.4 cm³/mol. The van der Waals surface area contributed by atoms with Gasteiger partial charge in [-0.2, -0.15) is 0 Å². The van der Waals surface area contributed by atoms with Gasteiger partial charge in [0.1, 0.15) is 11.4 Å². The van der Waals surface area contributed by atoms with Gasteiger partial charge in [0.15, 0.2) is 5.78 Å². The highest BCUT2D eigenvalue weighted by molar-refractivity contribution is 6.00. The van der Waals surface area contributed by atoms with Crippen molar-refractivity contribution in [1.29, 1.82) is 0 Å². The number of carbonyl (C=O) groups excluding carboxylic acids is 2. The van der Waals surface area contributed by atoms with E-state index in [9.17, 15) is 18.8 Å². The summed E-state index contributed by atoms with van der Waals surface area (Å²) >= 11 is 0. The fraction of sp³-hybridized carbons (Fsp3) is 0.350. The monoisotopic (exact) mass is 372 g/mol. The van der Waals surface area contributed by atoms with Crippen LogP contribution in [0.4, 0.5) is 4.39 Å². The number of nitrogens with one attached hydrogen (secondary N) is 1. The molecule has 1 saturated carbocycles. The smallest absolute Gasteiger partial charge is 0.263 e. The number of ketones is 1. The molecule has 1 heterocycles. The molecule has 1 fully saturated rings. The molecule has 1 aliphatic rings. The molecule has 1 aromatic heterocycles. The number of aromatic nitrogens is 1. The van der Waals surface area contributed by atoms with E-state index in [2.05, 4.69) is 5.32 Å². The maximum absolute atomic E-state index is 14.0. The molecule has 1 aliphatic carbocycles. The lowest BCUT2D eigenvalue weighted by atomic mass is 10.0. The van der Waals surface area contributed by atoms with Crippen molar-refractivity contribution < 1.29 is 18.7 Å². The van der Waals surface area contributed by atoms with Crippen LogP contribution < -0.4 is 10.9 Å². The lowest BCUT2D eigenvalue weighted by Gasteiger charge is -2.12. The normalized spacial score (nSPS) is 18.2. The number of benzene rings is 1. The van der Waals surface area contributed by atoms with Crippen LogP contribution in [0.15, 0.2) is 41.3 Å². The average Bonchev–Trinajstić information content (AvgIpc) is 3.42. The number of halogens is 1. The number of amides is 1. The highest BCUT2D eigenvalue weighted by atomic mass is 19.1. The number of hydrogen-bond acceptors (Lipinski definition) is 4. The molecule has 2 aromatic rings. The Morgan fingerprint density at radius 3 is 2.70 bits per heavy atom. The summed E-state index contributed by atoms with van der Waals surface area (Å²) in [7, 11) is 3.01. The Kier molecular flexibility index (Phi) is 5.51. The first kappa shape index (κ1) is 19.0. The highest BCUT2D eigenvalue weighted by Gasteiger charge is 2.39. The Morgan fingerprint density at radius 2 is 2.07 bits per heavy atom. The summed E-state index contributed by atoms with van der Waals surface area (Å²) in [5, 5.41) is 2.40. The van der Waals surface area contributed by atoms with Crippen molar-refractivity contribution in [3.63, 3.8) is 0 Å². The van der Waals surface area contributed by atoms with E-state index in [4.69, 9.17) is 4.74 Å². The number of ether oxygens (including phenoxy) is 1. The van der Waals surface area contributed by atoms with Gasteiger partial charge in [-0.3, -0.25) is 14.4 Å². The first-order valence-corrected chi connectivity index (χ1v) is 8.70. The zero-order valence-corrected chi connectivity index (χ0v) is 15.2. The molecular weight excluding hydrogens is 351 g/mol. The van der Waals surface area contributed by atoms with Crippen LogP contribution in [0.3, 0.4) is 0 Å². The van der Waals surface area contributed by atoms with Gasteiger partial charge in [-0.25, -0.2) is 4.39 Å². The Hall–Kier alpha value is -2.80. The maximum Gasteiger partial charge on any atom is 0.263 e. The first-order valence-electron chi connectivity index (χ1n) is 8.70. The lowest BCUT2D eigenvalue weighted by Crippen LogP contribution is -2.32. The summed E-state index contributed by atoms with van der Waals surface area (Å²) in [6.07, 6.45) is 2.58. The van der Waals surface area contributed by atoms with Gasteiger partial charge in [-0.05, 0) is 24.5 Å². The Balaban J connectivity index is 1.96. The van der Waals surface area contributed by atoms with Gasteiger partial charge in [0, 0.05) is 37.9 Å². The quantitative estimate of drug-likeness (QED) is 0.754. The average molecular weight is 372 g/mol. The molecule has 7 heteroatoms. The van der Waals surface area contributed by atoms with Crippen molar-refractivity contribution in [3.8, 4) is 0 Å². The number of pyridine rings is 1. The van der Waals surface area contributed by atoms with Crippen LogP contribution in [0.25, 0.3) is 0 Å². The van der Waals surface area contributed by atoms with Gasteiger partial charge in [0.05, 0.1) is 12.6 Å². The zero-order chi connectivity index (χ0) is 19.6. The second kappa shape index (κ2) is 7.84. The van der Waals surface area contributed by atoms with E-state index in [0.717, 1.165) is 6.42 Å². The molecular formula is C20H21FN2O4. The molecule has 0 aliphatic heterocycles. The van der Waals surface area contributed by atoms with Crippen LogP contribution in [0.5, 0.6) is 0 Å². The number of rotatable bonds is 7. The molecule has 27 heavy (non-hydrogen) atoms. The number of Topliss-reactive ketones (excluding diaryl/α,β-unsaturated/α-hetero) is 1. The zero-order valence-electron chi connectivity index (χ0n) is 15.2. The molecule has 2 atom stereocenters. The fourth-order valence-electron chi connectivity index (χ4n) is 3.09. The summed E-state index contributed by atoms with van der Waals surface area (Å²) in [4.78, 5) is 37.4. The second-order valence-electron chi connectivity index (χ2n) is 6.64. The number of methoxy groups -OCH3 is 1. The molecule has 1 amide bonds. The Labute approximate surface area is 156 Å². The molecule has 142 valence electrons. The van der Waals surface area contributed by atoms with Gasteiger partial charge in [-0.15, -0.1) is 0 Å². The molecule has 0 radical (unpaired) electrons. The lowest BCUT2D eigenvalue weighted by molar-refractivity contribution is 0.0957. The summed E-state index contributed by atoms with van der Waals surface area (Å²) in [6.45, 7) is -0.0687. The summed E-state index contributed by atoms with van der Waals surface area (Å²) in [6, 6.07) is 7.39. The molecule has 1 N–H and O–H groups in total. The van der Waals surface area contributed by atoms with Crippen molar-refractivity contribution >= 4 is 11.7 Å². The van der Waals surface area contributed by atoms with E-state index in [0.29, 0.717) is 5.56 Å². The van der Waals surface area contributed by atoms with Crippen LogP contribution in [0.1, 0.15) is 39.1 Å². The standard InChI is InChI=1S/C20H21FN2O4/c1-22-19(25)15-7-14(17(24)8-13-9-18(13)27-2)11-23(20(15)26)10-12-5-3-4-6-16(12)21/h3-7,11,13,18H,8-10H2,1-2H3,(H,22,25)/t13-,18-/m1/s1. The van der Waals surface area contributed by atoms with Gasteiger partial charge >= 0.3 is 0 Å². The van der Waals surface area contributed by atoms with Crippen molar-refractivity contribution in [2.45, 2.75) is 25.5 Å². The second-order valence-corrected chi connectivity index (χ2v) is 6.64. The van der Waals surface area contributed by atoms with E-state index in [1.807, 2.05) is 0 Å². The van der Waals surface area contributed by atoms with E-state index < -0.39 is 17.3 Å². The number of carbonyl (C=O) groups is 2. The summed E-state index contributed by atoms with van der Waals surface area (Å²) in [5.74, 6) is -1.06. The van der Waals surface area contributed by atoms with Crippen molar-refractivity contribution in [1.82, 2.24) is 9.88 Å². The molecule has 3 rings (SSSR count). The third-order valence-corrected chi connectivity index (χ3v) is 4.79. The minimum atomic E-state index is -0.585. The Bertz CT molecular complexity index is 938. The molecule has 0 unspecified atom stereocenters. The number of nitrogens with zero attached hydrogens (tertiary/aromatic N) is 1. The molecule has 0 spiro atoms. The van der Waals surface area contributed by atoms with Crippen LogP contribution in [0, 0.1) is 11.7 Å². The molecule has 6 nitrogen and oxygen atoms in total. The van der Waals surface area contributed by atoms with E-state index >= 15 is 0 Å². The van der Waals surface area contributed by atoms with Gasteiger partial charge in [-0.1, -0.05) is 18.2 Å². The maximum atomic E-state index is 14.0. The SMILES string of the molecule is CNC(=O)c1cc(C(=O)C[C@@H]2C[C@H]2OC)cn(Cc2ccccc2F)c1=O. The van der Waals surface area contributed by atoms with Gasteiger partial charge in [0.2, 0.25) is 0 Å². The fourth-order valence-corrected chi connectivity index (χ4v) is 3.09. The van der Waals surface area contributed by atoms with Crippen molar-refractivity contribution in [3.05, 3.63) is 69.4 Å². The van der Waals surface area contributed by atoms with E-state index in [1.54, 1.807) is 25.3 Å². The largest absolute Gasteiger partial charge is 0.381 e. The van der Waals surface area contributed by atoms with Crippen LogP contribution in [-0.2, 0) is 11.3 Å². The number of hydrogen-bond donors (Lipinski definition) is 1.